The Morgan fingerprint density at radius 3 is 2.83 bits per heavy atom. The smallest absolute Gasteiger partial charge is 0.404 e. The number of primary amides is 1. The zero-order valence-electron chi connectivity index (χ0n) is 6.53. The number of nitrogens with zero attached hydrogens (tertiary/aromatic N) is 1. The number of β-lactam (4-membered cyclic amide) rings is 1. The van der Waals surface area contributed by atoms with Gasteiger partial charge in [0, 0.05) is 6.54 Å². The molecule has 1 saturated heterocycles. The molecule has 6 heteroatoms. The number of ether oxygens (including phenoxy) is 1. The third kappa shape index (κ3) is 1.85. The van der Waals surface area contributed by atoms with Crippen molar-refractivity contribution in [2.75, 3.05) is 19.7 Å². The summed E-state index contributed by atoms with van der Waals surface area (Å²) in [6, 6.07) is -0.376. The molecular weight excluding hydrogens is 162 g/mol. The lowest BCUT2D eigenvalue weighted by Crippen LogP contribution is -2.61. The van der Waals surface area contributed by atoms with Gasteiger partial charge in [0.2, 0.25) is 5.91 Å². The zero-order chi connectivity index (χ0) is 9.14. The van der Waals surface area contributed by atoms with Crippen LogP contribution in [0.3, 0.4) is 0 Å². The first-order chi connectivity index (χ1) is 5.61. The quantitative estimate of drug-likeness (QED) is 0.494. The molecule has 0 aromatic carbocycles. The molecule has 2 amide bonds. The number of amides is 2. The van der Waals surface area contributed by atoms with E-state index in [4.69, 9.17) is 11.5 Å². The van der Waals surface area contributed by atoms with E-state index >= 15 is 0 Å². The summed E-state index contributed by atoms with van der Waals surface area (Å²) in [6.07, 6.45) is -0.827. The van der Waals surface area contributed by atoms with Crippen molar-refractivity contribution in [2.24, 2.45) is 11.5 Å². The molecule has 68 valence electrons. The van der Waals surface area contributed by atoms with Gasteiger partial charge in [-0.25, -0.2) is 4.79 Å². The highest BCUT2D eigenvalue weighted by atomic mass is 16.5. The number of nitrogens with two attached hydrogens (primary N) is 2. The molecule has 0 spiro atoms. The fourth-order valence-electron chi connectivity index (χ4n) is 0.985. The third-order valence-electron chi connectivity index (χ3n) is 1.65. The van der Waals surface area contributed by atoms with Gasteiger partial charge in [0.15, 0.2) is 0 Å². The van der Waals surface area contributed by atoms with Gasteiger partial charge in [0.05, 0.1) is 6.54 Å². The molecule has 1 unspecified atom stereocenters. The van der Waals surface area contributed by atoms with Gasteiger partial charge < -0.3 is 21.1 Å². The van der Waals surface area contributed by atoms with E-state index in [1.807, 2.05) is 0 Å². The van der Waals surface area contributed by atoms with Crippen molar-refractivity contribution in [3.63, 3.8) is 0 Å². The average Bonchev–Trinajstić information content (AvgIpc) is 2.02. The summed E-state index contributed by atoms with van der Waals surface area (Å²) in [5.74, 6) is -0.108. The standard InChI is InChI=1S/C6H11N3O3/c7-4-3-9(5(4)10)1-2-12-6(8)11/h4H,1-3,7H2,(H2,8,11). The van der Waals surface area contributed by atoms with Gasteiger partial charge in [-0.2, -0.15) is 0 Å². The first-order valence-corrected chi connectivity index (χ1v) is 3.58. The minimum absolute atomic E-state index is 0.108. The van der Waals surface area contributed by atoms with Crippen molar-refractivity contribution in [3.05, 3.63) is 0 Å². The Morgan fingerprint density at radius 1 is 1.75 bits per heavy atom. The second-order valence-corrected chi connectivity index (χ2v) is 2.56. The molecule has 0 saturated carbocycles. The Morgan fingerprint density at radius 2 is 2.42 bits per heavy atom. The Labute approximate surface area is 69.4 Å². The average molecular weight is 173 g/mol. The van der Waals surface area contributed by atoms with Crippen molar-refractivity contribution in [1.82, 2.24) is 4.90 Å². The molecule has 0 aliphatic carbocycles. The van der Waals surface area contributed by atoms with E-state index in [0.717, 1.165) is 0 Å². The summed E-state index contributed by atoms with van der Waals surface area (Å²) in [5.41, 5.74) is 10.0. The maximum Gasteiger partial charge on any atom is 0.404 e. The van der Waals surface area contributed by atoms with Gasteiger partial charge >= 0.3 is 6.09 Å². The fraction of sp³-hybridized carbons (Fsp3) is 0.667. The first-order valence-electron chi connectivity index (χ1n) is 3.58. The molecule has 4 N–H and O–H groups in total. The van der Waals surface area contributed by atoms with Gasteiger partial charge in [-0.05, 0) is 0 Å². The summed E-state index contributed by atoms with van der Waals surface area (Å²) in [7, 11) is 0. The van der Waals surface area contributed by atoms with Crippen molar-refractivity contribution in [1.29, 1.82) is 0 Å². The van der Waals surface area contributed by atoms with Crippen LogP contribution in [0.4, 0.5) is 4.79 Å². The van der Waals surface area contributed by atoms with E-state index in [1.54, 1.807) is 0 Å². The summed E-state index contributed by atoms with van der Waals surface area (Å²) in [5, 5.41) is 0. The van der Waals surface area contributed by atoms with Crippen LogP contribution in [-0.4, -0.2) is 42.6 Å². The number of rotatable bonds is 3. The molecule has 1 atom stereocenters. The molecule has 1 rings (SSSR count). The van der Waals surface area contributed by atoms with Crippen LogP contribution in [0.25, 0.3) is 0 Å². The molecular formula is C6H11N3O3. The monoisotopic (exact) mass is 173 g/mol. The van der Waals surface area contributed by atoms with Crippen LogP contribution in [0.2, 0.25) is 0 Å². The normalized spacial score (nSPS) is 21.9. The molecule has 1 aliphatic rings. The number of carbonyl (C=O) groups excluding carboxylic acids is 2. The molecule has 6 nitrogen and oxygen atoms in total. The number of hydrogen-bond donors (Lipinski definition) is 2. The minimum atomic E-state index is -0.827. The van der Waals surface area contributed by atoms with Gasteiger partial charge in [-0.3, -0.25) is 4.79 Å². The van der Waals surface area contributed by atoms with E-state index in [1.165, 1.54) is 4.90 Å². The fourth-order valence-corrected chi connectivity index (χ4v) is 0.985. The SMILES string of the molecule is NC(=O)OCCN1CC(N)C1=O. The third-order valence-corrected chi connectivity index (χ3v) is 1.65. The summed E-state index contributed by atoms with van der Waals surface area (Å²) >= 11 is 0. The summed E-state index contributed by atoms with van der Waals surface area (Å²) in [4.78, 5) is 22.5. The van der Waals surface area contributed by atoms with Gasteiger partial charge in [-0.1, -0.05) is 0 Å². The van der Waals surface area contributed by atoms with E-state index in [9.17, 15) is 9.59 Å². The van der Waals surface area contributed by atoms with Crippen LogP contribution in [0, 0.1) is 0 Å². The number of likely N-dealkylation sites (tertiary alicyclic amines) is 1. The summed E-state index contributed by atoms with van der Waals surface area (Å²) < 4.78 is 4.44. The van der Waals surface area contributed by atoms with Gasteiger partial charge in [-0.15, -0.1) is 0 Å². The lowest BCUT2D eigenvalue weighted by molar-refractivity contribution is -0.142. The molecule has 0 radical (unpaired) electrons. The van der Waals surface area contributed by atoms with Crippen molar-refractivity contribution in [2.45, 2.75) is 6.04 Å². The lowest BCUT2D eigenvalue weighted by Gasteiger charge is -2.35. The number of hydrogen-bond acceptors (Lipinski definition) is 4. The maximum atomic E-state index is 10.9. The molecule has 0 aromatic heterocycles. The van der Waals surface area contributed by atoms with E-state index in [0.29, 0.717) is 13.1 Å². The largest absolute Gasteiger partial charge is 0.448 e. The second-order valence-electron chi connectivity index (χ2n) is 2.56. The highest BCUT2D eigenvalue weighted by molar-refractivity contribution is 5.87. The Bertz CT molecular complexity index is 206. The van der Waals surface area contributed by atoms with Crippen molar-refractivity contribution >= 4 is 12.0 Å². The van der Waals surface area contributed by atoms with E-state index in [2.05, 4.69) is 4.74 Å². The highest BCUT2D eigenvalue weighted by Crippen LogP contribution is 2.06. The first kappa shape index (κ1) is 8.79. The summed E-state index contributed by atoms with van der Waals surface area (Å²) in [6.45, 7) is 1.03. The molecule has 0 aromatic rings. The Balaban J connectivity index is 2.10. The Hall–Kier alpha value is -1.30. The molecule has 12 heavy (non-hydrogen) atoms. The van der Waals surface area contributed by atoms with Crippen LogP contribution in [0.1, 0.15) is 0 Å². The Kier molecular flexibility index (Phi) is 2.49. The van der Waals surface area contributed by atoms with Crippen molar-refractivity contribution < 1.29 is 14.3 Å². The van der Waals surface area contributed by atoms with Crippen LogP contribution in [0.5, 0.6) is 0 Å². The number of carbonyl (C=O) groups is 2. The predicted octanol–water partition coefficient (Wildman–Crippen LogP) is -1.75. The van der Waals surface area contributed by atoms with Crippen molar-refractivity contribution in [3.8, 4) is 0 Å². The second kappa shape index (κ2) is 3.40. The van der Waals surface area contributed by atoms with E-state index in [-0.39, 0.29) is 18.6 Å². The minimum Gasteiger partial charge on any atom is -0.448 e. The predicted molar refractivity (Wildman–Crippen MR) is 40.1 cm³/mol. The van der Waals surface area contributed by atoms with Crippen LogP contribution in [-0.2, 0) is 9.53 Å². The van der Waals surface area contributed by atoms with E-state index < -0.39 is 6.09 Å². The van der Waals surface area contributed by atoms with Gasteiger partial charge in [0.1, 0.15) is 12.6 Å². The maximum absolute atomic E-state index is 10.9. The lowest BCUT2D eigenvalue weighted by atomic mass is 10.1. The van der Waals surface area contributed by atoms with Crippen LogP contribution < -0.4 is 11.5 Å². The van der Waals surface area contributed by atoms with Crippen LogP contribution >= 0.6 is 0 Å². The van der Waals surface area contributed by atoms with Crippen LogP contribution in [0.15, 0.2) is 0 Å². The molecule has 0 bridgehead atoms. The zero-order valence-corrected chi connectivity index (χ0v) is 6.53. The van der Waals surface area contributed by atoms with Gasteiger partial charge in [0.25, 0.3) is 0 Å². The molecule has 1 fully saturated rings. The highest BCUT2D eigenvalue weighted by Gasteiger charge is 2.32. The molecule has 1 heterocycles. The molecule has 1 aliphatic heterocycles. The topological polar surface area (TPSA) is 98.7 Å².